The molecular formula is C31H38ClF2N5O5. The molecule has 3 amide bonds. The number of nitrogens with zero attached hydrogens (tertiary/aromatic N) is 3. The van der Waals surface area contributed by atoms with Crippen molar-refractivity contribution in [1.29, 1.82) is 0 Å². The summed E-state index contributed by atoms with van der Waals surface area (Å²) in [5.41, 5.74) is -0.622. The number of fused-ring (bicyclic) bond motifs is 1. The van der Waals surface area contributed by atoms with Crippen LogP contribution in [0.15, 0.2) is 61.0 Å². The molecule has 0 aliphatic rings. The number of halogens is 3. The van der Waals surface area contributed by atoms with Crippen LogP contribution in [0.3, 0.4) is 0 Å². The highest BCUT2D eigenvalue weighted by molar-refractivity contribution is 6.31. The molecule has 3 aromatic rings. The Morgan fingerprint density at radius 2 is 1.93 bits per heavy atom. The Hall–Kier alpha value is -4.00. The molecule has 10 nitrogen and oxygen atoms in total. The fourth-order valence-corrected chi connectivity index (χ4v) is 4.79. The highest BCUT2D eigenvalue weighted by Gasteiger charge is 2.24. The van der Waals surface area contributed by atoms with Crippen LogP contribution in [0.4, 0.5) is 24.2 Å². The number of anilines is 1. The Bertz CT molecular complexity index is 1470. The lowest BCUT2D eigenvalue weighted by atomic mass is 10.1. The molecule has 1 heterocycles. The zero-order chi connectivity index (χ0) is 32.4. The van der Waals surface area contributed by atoms with Gasteiger partial charge in [0, 0.05) is 31.7 Å². The van der Waals surface area contributed by atoms with Crippen molar-refractivity contribution in [3.05, 3.63) is 83.2 Å². The van der Waals surface area contributed by atoms with E-state index in [0.717, 1.165) is 0 Å². The van der Waals surface area contributed by atoms with Crippen LogP contribution in [0.5, 0.6) is 0 Å². The van der Waals surface area contributed by atoms with Gasteiger partial charge in [-0.05, 0) is 74.5 Å². The first-order chi connectivity index (χ1) is 20.7. The predicted octanol–water partition coefficient (Wildman–Crippen LogP) is 5.85. The monoisotopic (exact) mass is 633 g/mol. The van der Waals surface area contributed by atoms with E-state index in [0.29, 0.717) is 35.7 Å². The second-order valence-corrected chi connectivity index (χ2v) is 11.5. The van der Waals surface area contributed by atoms with Crippen molar-refractivity contribution in [2.24, 2.45) is 0 Å². The highest BCUT2D eigenvalue weighted by atomic mass is 35.5. The predicted molar refractivity (Wildman–Crippen MR) is 166 cm³/mol. The van der Waals surface area contributed by atoms with Gasteiger partial charge >= 0.3 is 12.1 Å². The van der Waals surface area contributed by atoms with Gasteiger partial charge in [-0.1, -0.05) is 30.3 Å². The average molecular weight is 634 g/mol. The number of aliphatic hydroxyl groups is 2. The van der Waals surface area contributed by atoms with Crippen molar-refractivity contribution < 1.29 is 33.3 Å². The number of rotatable bonds is 14. The van der Waals surface area contributed by atoms with E-state index >= 15 is 0 Å². The molecule has 238 valence electrons. The lowest BCUT2D eigenvalue weighted by molar-refractivity contribution is 0.0347. The van der Waals surface area contributed by atoms with Crippen molar-refractivity contribution in [1.82, 2.24) is 20.1 Å². The van der Waals surface area contributed by atoms with Crippen LogP contribution >= 0.6 is 11.6 Å². The quantitative estimate of drug-likeness (QED) is 0.164. The Kier molecular flexibility index (Phi) is 12.3. The molecule has 1 aromatic heterocycles. The van der Waals surface area contributed by atoms with E-state index in [2.05, 4.69) is 22.2 Å². The minimum Gasteiger partial charge on any atom is -0.512 e. The molecular weight excluding hydrogens is 596 g/mol. The summed E-state index contributed by atoms with van der Waals surface area (Å²) in [4.78, 5) is 33.1. The molecule has 0 radical (unpaired) electrons. The van der Waals surface area contributed by atoms with Crippen LogP contribution in [0.1, 0.15) is 32.3 Å². The van der Waals surface area contributed by atoms with Gasteiger partial charge in [-0.15, -0.1) is 0 Å². The second kappa shape index (κ2) is 15.6. The molecule has 0 saturated heterocycles. The third kappa shape index (κ3) is 10.9. The fraction of sp³-hybridized carbons (Fsp3) is 0.387. The van der Waals surface area contributed by atoms with Crippen LogP contribution in [0.2, 0.25) is 5.02 Å². The number of amides is 3. The zero-order valence-corrected chi connectivity index (χ0v) is 25.7. The van der Waals surface area contributed by atoms with E-state index in [1.165, 1.54) is 48.5 Å². The summed E-state index contributed by atoms with van der Waals surface area (Å²) in [6.07, 6.45) is 1.56. The van der Waals surface area contributed by atoms with E-state index in [1.54, 1.807) is 26.0 Å². The molecule has 0 saturated carbocycles. The summed E-state index contributed by atoms with van der Waals surface area (Å²) in [5.74, 6) is -0.917. The number of likely N-dealkylation sites (N-methyl/N-ethyl adjacent to an activating group) is 1. The molecule has 0 aliphatic heterocycles. The SMILES string of the molecule is C=C(O)CN(CCC[C@@H](COC(=O)Nc1cc2cc(F)ccc2cn1)N(C)C(=O)NCc1cccc(F)c1Cl)CC(C)(C)O. The van der Waals surface area contributed by atoms with Crippen LogP contribution in [-0.2, 0) is 11.3 Å². The van der Waals surface area contributed by atoms with Crippen molar-refractivity contribution >= 4 is 40.3 Å². The van der Waals surface area contributed by atoms with Gasteiger partial charge in [0.15, 0.2) is 0 Å². The first kappa shape index (κ1) is 34.5. The highest BCUT2D eigenvalue weighted by Crippen LogP contribution is 2.20. The molecule has 0 aliphatic carbocycles. The van der Waals surface area contributed by atoms with Gasteiger partial charge in [-0.3, -0.25) is 10.2 Å². The van der Waals surface area contributed by atoms with E-state index in [-0.39, 0.29) is 42.8 Å². The molecule has 13 heteroatoms. The molecule has 1 atom stereocenters. The fourth-order valence-electron chi connectivity index (χ4n) is 4.60. The third-order valence-electron chi connectivity index (χ3n) is 6.68. The number of aliphatic hydroxyl groups excluding tert-OH is 1. The van der Waals surface area contributed by atoms with E-state index < -0.39 is 35.4 Å². The van der Waals surface area contributed by atoms with Gasteiger partial charge in [0.2, 0.25) is 0 Å². The Balaban J connectivity index is 1.67. The second-order valence-electron chi connectivity index (χ2n) is 11.2. The molecule has 3 rings (SSSR count). The summed E-state index contributed by atoms with van der Waals surface area (Å²) in [5, 5.41) is 26.4. The topological polar surface area (TPSA) is 127 Å². The summed E-state index contributed by atoms with van der Waals surface area (Å²) in [6, 6.07) is 8.93. The third-order valence-corrected chi connectivity index (χ3v) is 7.10. The first-order valence-electron chi connectivity index (χ1n) is 14.0. The first-order valence-corrected chi connectivity index (χ1v) is 14.3. The summed E-state index contributed by atoms with van der Waals surface area (Å²) in [7, 11) is 1.54. The number of carbonyl (C=O) groups is 2. The lowest BCUT2D eigenvalue weighted by Crippen LogP contribution is -2.46. The molecule has 2 aromatic carbocycles. The van der Waals surface area contributed by atoms with Crippen molar-refractivity contribution in [3.8, 4) is 0 Å². The zero-order valence-electron chi connectivity index (χ0n) is 24.9. The summed E-state index contributed by atoms with van der Waals surface area (Å²) >= 11 is 6.02. The maximum atomic E-state index is 13.8. The Labute approximate surface area is 260 Å². The van der Waals surface area contributed by atoms with Gasteiger partial charge in [0.25, 0.3) is 0 Å². The minimum absolute atomic E-state index is 0.0277. The van der Waals surface area contributed by atoms with Crippen LogP contribution in [0, 0.1) is 11.6 Å². The van der Waals surface area contributed by atoms with Crippen LogP contribution < -0.4 is 10.6 Å². The van der Waals surface area contributed by atoms with Gasteiger partial charge in [0.1, 0.15) is 24.1 Å². The molecule has 0 fully saturated rings. The number of hydrogen-bond acceptors (Lipinski definition) is 7. The number of carbonyl (C=O) groups excluding carboxylic acids is 2. The number of aromatic nitrogens is 1. The molecule has 0 spiro atoms. The molecule has 0 bridgehead atoms. The van der Waals surface area contributed by atoms with Gasteiger partial charge in [-0.2, -0.15) is 0 Å². The number of hydrogen-bond donors (Lipinski definition) is 4. The van der Waals surface area contributed by atoms with Gasteiger partial charge < -0.3 is 25.2 Å². The molecule has 44 heavy (non-hydrogen) atoms. The van der Waals surface area contributed by atoms with E-state index in [1.807, 2.05) is 4.90 Å². The van der Waals surface area contributed by atoms with E-state index in [9.17, 15) is 28.6 Å². The summed E-state index contributed by atoms with van der Waals surface area (Å²) in [6.45, 7) is 7.49. The van der Waals surface area contributed by atoms with Crippen LogP contribution in [0.25, 0.3) is 10.8 Å². The normalized spacial score (nSPS) is 12.2. The Morgan fingerprint density at radius 3 is 2.64 bits per heavy atom. The number of pyridine rings is 1. The maximum Gasteiger partial charge on any atom is 0.412 e. The maximum absolute atomic E-state index is 13.8. The standard InChI is InChI=1S/C31H38ClF2N5O5/c1-20(40)17-39(19-31(2,3)43)12-6-8-25(38(4)29(41)36-16-22-7-5-9-26(34)28(22)32)18-44-30(42)37-27-14-23-13-24(33)11-10-21(23)15-35-27/h5,7,9-11,13-15,25,40,43H,1,6,8,12,16-19H2,2-4H3,(H,36,41)(H,35,37,42)/t25-/m0/s1. The lowest BCUT2D eigenvalue weighted by Gasteiger charge is -2.31. The van der Waals surface area contributed by atoms with Gasteiger partial charge in [-0.25, -0.2) is 23.4 Å². The number of benzene rings is 2. The smallest absolute Gasteiger partial charge is 0.412 e. The van der Waals surface area contributed by atoms with Crippen molar-refractivity contribution in [2.75, 3.05) is 38.6 Å². The number of nitrogens with one attached hydrogen (secondary N) is 2. The average Bonchev–Trinajstić information content (AvgIpc) is 2.93. The van der Waals surface area contributed by atoms with Crippen molar-refractivity contribution in [2.45, 2.75) is 44.9 Å². The van der Waals surface area contributed by atoms with Crippen LogP contribution in [-0.4, -0.2) is 82.1 Å². The van der Waals surface area contributed by atoms with Gasteiger partial charge in [0.05, 0.1) is 29.0 Å². The number of ether oxygens (including phenoxy) is 1. The molecule has 4 N–H and O–H groups in total. The largest absolute Gasteiger partial charge is 0.512 e. The number of urea groups is 1. The molecule has 0 unspecified atom stereocenters. The van der Waals surface area contributed by atoms with Crippen molar-refractivity contribution in [3.63, 3.8) is 0 Å². The summed E-state index contributed by atoms with van der Waals surface area (Å²) < 4.78 is 32.9. The minimum atomic E-state index is -1.02. The van der Waals surface area contributed by atoms with E-state index in [4.69, 9.17) is 16.3 Å². The Morgan fingerprint density at radius 1 is 1.18 bits per heavy atom.